The Morgan fingerprint density at radius 1 is 1.29 bits per heavy atom. The molecule has 0 saturated heterocycles. The van der Waals surface area contributed by atoms with Gasteiger partial charge in [0, 0.05) is 0 Å². The molecule has 0 bridgehead atoms. The Morgan fingerprint density at radius 2 is 2.05 bits per heavy atom. The van der Waals surface area contributed by atoms with Crippen LogP contribution in [-0.2, 0) is 16.1 Å². The maximum absolute atomic E-state index is 12.0. The van der Waals surface area contributed by atoms with Crippen molar-refractivity contribution in [3.8, 4) is 0 Å². The Balaban J connectivity index is 2.01. The van der Waals surface area contributed by atoms with Gasteiger partial charge in [-0.05, 0) is 36.9 Å². The largest absolute Gasteiger partial charge is 0.468 e. The summed E-state index contributed by atoms with van der Waals surface area (Å²) in [4.78, 5) is 12.0. The summed E-state index contributed by atoms with van der Waals surface area (Å²) in [6.07, 6.45) is 2.30. The fourth-order valence-electron chi connectivity index (χ4n) is 2.32. The first-order chi connectivity index (χ1) is 10.2. The third kappa shape index (κ3) is 3.68. The van der Waals surface area contributed by atoms with Gasteiger partial charge in [0.05, 0.1) is 12.0 Å². The van der Waals surface area contributed by atoms with Crippen molar-refractivity contribution in [1.29, 1.82) is 0 Å². The van der Waals surface area contributed by atoms with Crippen molar-refractivity contribution in [2.75, 3.05) is 12.8 Å². The molecule has 1 unspecified atom stereocenters. The standard InChI is InChI=1S/C16H20N2O2S/c1-18-16(15(17)19,13-6-3-2-4-7-13)9-11-21-12-14-8-5-10-20-14/h2-8,10,18H,9,11-12H2,1H3,(H2,17,19). The Labute approximate surface area is 129 Å². The Morgan fingerprint density at radius 3 is 2.62 bits per heavy atom. The highest BCUT2D eigenvalue weighted by Gasteiger charge is 2.36. The number of rotatable bonds is 8. The summed E-state index contributed by atoms with van der Waals surface area (Å²) in [7, 11) is 1.77. The molecule has 1 atom stereocenters. The molecule has 0 aliphatic carbocycles. The molecular formula is C16H20N2O2S. The Kier molecular flexibility index (Phi) is 5.47. The monoisotopic (exact) mass is 304 g/mol. The molecular weight excluding hydrogens is 284 g/mol. The van der Waals surface area contributed by atoms with E-state index in [0.717, 1.165) is 22.8 Å². The highest BCUT2D eigenvalue weighted by Crippen LogP contribution is 2.27. The summed E-state index contributed by atoms with van der Waals surface area (Å²) in [5.74, 6) is 2.18. The lowest BCUT2D eigenvalue weighted by Gasteiger charge is -2.30. The second-order valence-corrected chi connectivity index (χ2v) is 5.87. The van der Waals surface area contributed by atoms with Crippen LogP contribution in [0.25, 0.3) is 0 Å². The van der Waals surface area contributed by atoms with Gasteiger partial charge in [0.25, 0.3) is 0 Å². The first-order valence-corrected chi connectivity index (χ1v) is 7.99. The summed E-state index contributed by atoms with van der Waals surface area (Å²) in [5.41, 5.74) is 5.74. The van der Waals surface area contributed by atoms with Gasteiger partial charge in [0.2, 0.25) is 5.91 Å². The van der Waals surface area contributed by atoms with Gasteiger partial charge in [-0.3, -0.25) is 4.79 Å². The smallest absolute Gasteiger partial charge is 0.242 e. The molecule has 0 fully saturated rings. The number of hydrogen-bond donors (Lipinski definition) is 2. The van der Waals surface area contributed by atoms with E-state index in [1.54, 1.807) is 25.1 Å². The number of nitrogens with two attached hydrogens (primary N) is 1. The maximum atomic E-state index is 12.0. The number of likely N-dealkylation sites (N-methyl/N-ethyl adjacent to an activating group) is 1. The lowest BCUT2D eigenvalue weighted by atomic mass is 9.86. The molecule has 4 nitrogen and oxygen atoms in total. The molecule has 1 aromatic heterocycles. The summed E-state index contributed by atoms with van der Waals surface area (Å²) in [6, 6.07) is 13.4. The molecule has 0 radical (unpaired) electrons. The van der Waals surface area contributed by atoms with E-state index in [0.29, 0.717) is 6.42 Å². The van der Waals surface area contributed by atoms with E-state index >= 15 is 0 Å². The summed E-state index contributed by atoms with van der Waals surface area (Å²) < 4.78 is 5.30. The number of carbonyl (C=O) groups is 1. The highest BCUT2D eigenvalue weighted by molar-refractivity contribution is 7.98. The van der Waals surface area contributed by atoms with Crippen LogP contribution < -0.4 is 11.1 Å². The minimum absolute atomic E-state index is 0.352. The van der Waals surface area contributed by atoms with Crippen LogP contribution in [0.2, 0.25) is 0 Å². The SMILES string of the molecule is CNC(CCSCc1ccco1)(C(N)=O)c1ccccc1. The third-order valence-electron chi connectivity index (χ3n) is 3.56. The van der Waals surface area contributed by atoms with Gasteiger partial charge >= 0.3 is 0 Å². The molecule has 112 valence electrons. The number of furan rings is 1. The minimum Gasteiger partial charge on any atom is -0.468 e. The molecule has 2 aromatic rings. The lowest BCUT2D eigenvalue weighted by molar-refractivity contribution is -0.124. The van der Waals surface area contributed by atoms with Crippen molar-refractivity contribution in [2.24, 2.45) is 5.73 Å². The van der Waals surface area contributed by atoms with E-state index in [2.05, 4.69) is 5.32 Å². The fraction of sp³-hybridized carbons (Fsp3) is 0.312. The average molecular weight is 304 g/mol. The van der Waals surface area contributed by atoms with Crippen LogP contribution in [0, 0.1) is 0 Å². The second-order valence-electron chi connectivity index (χ2n) is 4.77. The maximum Gasteiger partial charge on any atom is 0.242 e. The molecule has 0 saturated carbocycles. The zero-order valence-electron chi connectivity index (χ0n) is 12.0. The van der Waals surface area contributed by atoms with Crippen LogP contribution in [0.5, 0.6) is 0 Å². The first-order valence-electron chi connectivity index (χ1n) is 6.83. The predicted molar refractivity (Wildman–Crippen MR) is 85.9 cm³/mol. The van der Waals surface area contributed by atoms with E-state index in [-0.39, 0.29) is 5.91 Å². The molecule has 1 heterocycles. The number of carbonyl (C=O) groups excluding carboxylic acids is 1. The van der Waals surface area contributed by atoms with Gasteiger partial charge in [0.15, 0.2) is 0 Å². The van der Waals surface area contributed by atoms with E-state index < -0.39 is 5.54 Å². The van der Waals surface area contributed by atoms with Gasteiger partial charge in [-0.25, -0.2) is 0 Å². The normalized spacial score (nSPS) is 13.8. The second kappa shape index (κ2) is 7.33. The first kappa shape index (κ1) is 15.7. The zero-order valence-corrected chi connectivity index (χ0v) is 12.9. The van der Waals surface area contributed by atoms with Crippen LogP contribution in [0.4, 0.5) is 0 Å². The van der Waals surface area contributed by atoms with Crippen LogP contribution in [0.15, 0.2) is 53.1 Å². The molecule has 2 rings (SSSR count). The van der Waals surface area contributed by atoms with Crippen molar-refractivity contribution < 1.29 is 9.21 Å². The minimum atomic E-state index is -0.822. The molecule has 0 aliphatic heterocycles. The quantitative estimate of drug-likeness (QED) is 0.735. The lowest BCUT2D eigenvalue weighted by Crippen LogP contribution is -2.51. The predicted octanol–water partition coefficient (Wildman–Crippen LogP) is 2.50. The average Bonchev–Trinajstić information content (AvgIpc) is 3.01. The summed E-state index contributed by atoms with van der Waals surface area (Å²) in [6.45, 7) is 0. The van der Waals surface area contributed by atoms with Crippen LogP contribution >= 0.6 is 11.8 Å². The highest BCUT2D eigenvalue weighted by atomic mass is 32.2. The van der Waals surface area contributed by atoms with E-state index in [9.17, 15) is 4.79 Å². The summed E-state index contributed by atoms with van der Waals surface area (Å²) >= 11 is 1.72. The number of hydrogen-bond acceptors (Lipinski definition) is 4. The van der Waals surface area contributed by atoms with Gasteiger partial charge in [0.1, 0.15) is 11.3 Å². The van der Waals surface area contributed by atoms with Crippen LogP contribution in [0.1, 0.15) is 17.7 Å². The Hall–Kier alpha value is -1.72. The van der Waals surface area contributed by atoms with E-state index in [4.69, 9.17) is 10.2 Å². The third-order valence-corrected chi connectivity index (χ3v) is 4.54. The van der Waals surface area contributed by atoms with Crippen molar-refractivity contribution >= 4 is 17.7 Å². The van der Waals surface area contributed by atoms with Crippen molar-refractivity contribution in [1.82, 2.24) is 5.32 Å². The molecule has 0 spiro atoms. The summed E-state index contributed by atoms with van der Waals surface area (Å²) in [5, 5.41) is 3.11. The van der Waals surface area contributed by atoms with Crippen molar-refractivity contribution in [2.45, 2.75) is 17.7 Å². The van der Waals surface area contributed by atoms with Crippen molar-refractivity contribution in [3.63, 3.8) is 0 Å². The molecule has 0 aliphatic rings. The molecule has 3 N–H and O–H groups in total. The molecule has 21 heavy (non-hydrogen) atoms. The van der Waals surface area contributed by atoms with Gasteiger partial charge in [-0.15, -0.1) is 0 Å². The molecule has 1 amide bonds. The van der Waals surface area contributed by atoms with E-state index in [1.807, 2.05) is 42.5 Å². The van der Waals surface area contributed by atoms with E-state index in [1.165, 1.54) is 0 Å². The number of amides is 1. The number of nitrogens with one attached hydrogen (secondary N) is 1. The topological polar surface area (TPSA) is 68.3 Å². The van der Waals surface area contributed by atoms with Gasteiger partial charge < -0.3 is 15.5 Å². The van der Waals surface area contributed by atoms with Crippen LogP contribution in [0.3, 0.4) is 0 Å². The molecule has 1 aromatic carbocycles. The zero-order chi connectivity index (χ0) is 15.1. The number of benzene rings is 1. The van der Waals surface area contributed by atoms with Gasteiger partial charge in [-0.2, -0.15) is 11.8 Å². The van der Waals surface area contributed by atoms with Gasteiger partial charge in [-0.1, -0.05) is 30.3 Å². The molecule has 5 heteroatoms. The fourth-order valence-corrected chi connectivity index (χ4v) is 3.28. The van der Waals surface area contributed by atoms with Crippen molar-refractivity contribution in [3.05, 3.63) is 60.1 Å². The van der Waals surface area contributed by atoms with Crippen LogP contribution in [-0.4, -0.2) is 18.7 Å². The Bertz CT molecular complexity index is 557. The number of thioether (sulfide) groups is 1. The number of primary amides is 1.